The Morgan fingerprint density at radius 3 is 2.42 bits per heavy atom. The van der Waals surface area contributed by atoms with E-state index in [1.54, 1.807) is 0 Å². The first kappa shape index (κ1) is 13.9. The molecule has 0 spiro atoms. The molecule has 0 fully saturated rings. The Bertz CT molecular complexity index is 568. The molecule has 100 valence electrons. The smallest absolute Gasteiger partial charge is 0.0682 e. The van der Waals surface area contributed by atoms with E-state index in [2.05, 4.69) is 30.9 Å². The fourth-order valence-electron chi connectivity index (χ4n) is 2.20. The van der Waals surface area contributed by atoms with Crippen LogP contribution >= 0.6 is 11.6 Å². The summed E-state index contributed by atoms with van der Waals surface area (Å²) in [6, 6.07) is 13.9. The second-order valence-corrected chi connectivity index (χ2v) is 4.88. The molecule has 2 aromatic carbocycles. The van der Waals surface area contributed by atoms with Crippen LogP contribution in [0.25, 0.3) is 0 Å². The maximum atomic E-state index is 9.14. The van der Waals surface area contributed by atoms with Crippen molar-refractivity contribution in [3.05, 3.63) is 58.6 Å². The topological polar surface area (TPSA) is 23.5 Å². The van der Waals surface area contributed by atoms with Crippen LogP contribution in [0.15, 0.2) is 42.5 Å². The highest BCUT2D eigenvalue weighted by atomic mass is 35.5. The number of benzene rings is 2. The largest absolute Gasteiger partial charge is 0.392 e. The normalized spacial score (nSPS) is 10.5. The molecule has 3 heteroatoms. The zero-order valence-electron chi connectivity index (χ0n) is 11.2. The number of aliphatic hydroxyl groups excluding tert-OH is 1. The molecule has 0 aromatic heterocycles. The van der Waals surface area contributed by atoms with Crippen molar-refractivity contribution in [2.24, 2.45) is 0 Å². The number of halogens is 1. The number of hydrogen-bond donors (Lipinski definition) is 1. The average molecular weight is 276 g/mol. The number of rotatable bonds is 4. The van der Waals surface area contributed by atoms with E-state index >= 15 is 0 Å². The molecule has 2 aromatic rings. The second kappa shape index (κ2) is 6.09. The van der Waals surface area contributed by atoms with Crippen LogP contribution in [-0.2, 0) is 6.61 Å². The highest BCUT2D eigenvalue weighted by Crippen LogP contribution is 2.33. The number of hydrogen-bond acceptors (Lipinski definition) is 2. The zero-order valence-corrected chi connectivity index (χ0v) is 12.0. The highest BCUT2D eigenvalue weighted by molar-refractivity contribution is 6.33. The van der Waals surface area contributed by atoms with Gasteiger partial charge in [-0.15, -0.1) is 0 Å². The van der Waals surface area contributed by atoms with Crippen molar-refractivity contribution in [2.75, 3.05) is 11.4 Å². The Kier molecular flexibility index (Phi) is 4.46. The monoisotopic (exact) mass is 275 g/mol. The fraction of sp³-hybridized carbons (Fsp3) is 0.250. The molecule has 0 atom stereocenters. The van der Waals surface area contributed by atoms with Crippen LogP contribution in [0.4, 0.5) is 11.4 Å². The summed E-state index contributed by atoms with van der Waals surface area (Å²) in [4.78, 5) is 2.18. The van der Waals surface area contributed by atoms with E-state index in [1.165, 1.54) is 5.56 Å². The van der Waals surface area contributed by atoms with E-state index in [4.69, 9.17) is 16.7 Å². The molecular formula is C16H18ClNO. The number of anilines is 2. The maximum absolute atomic E-state index is 9.14. The summed E-state index contributed by atoms with van der Waals surface area (Å²) in [5.41, 5.74) is 4.17. The molecule has 0 unspecified atom stereocenters. The second-order valence-electron chi connectivity index (χ2n) is 4.47. The molecule has 0 aliphatic rings. The highest BCUT2D eigenvalue weighted by Gasteiger charge is 2.12. The Labute approximate surface area is 119 Å². The summed E-state index contributed by atoms with van der Waals surface area (Å²) in [5.74, 6) is 0. The van der Waals surface area contributed by atoms with Gasteiger partial charge in [0.05, 0.1) is 17.3 Å². The lowest BCUT2D eigenvalue weighted by Gasteiger charge is -2.26. The minimum Gasteiger partial charge on any atom is -0.392 e. The predicted octanol–water partition coefficient (Wildman–Crippen LogP) is 4.30. The van der Waals surface area contributed by atoms with Crippen LogP contribution in [0, 0.1) is 6.92 Å². The minimum atomic E-state index is 0.0104. The molecule has 0 aliphatic heterocycles. The molecule has 0 saturated heterocycles. The number of aliphatic hydroxyl groups is 1. The van der Waals surface area contributed by atoms with E-state index in [0.717, 1.165) is 23.5 Å². The van der Waals surface area contributed by atoms with Gasteiger partial charge in [-0.1, -0.05) is 35.9 Å². The third kappa shape index (κ3) is 2.91. The number of para-hydroxylation sites is 1. The van der Waals surface area contributed by atoms with Gasteiger partial charge in [-0.25, -0.2) is 0 Å². The quantitative estimate of drug-likeness (QED) is 0.899. The Morgan fingerprint density at radius 2 is 1.84 bits per heavy atom. The average Bonchev–Trinajstić information content (AvgIpc) is 2.43. The van der Waals surface area contributed by atoms with Gasteiger partial charge in [-0.05, 0) is 43.2 Å². The first-order chi connectivity index (χ1) is 9.17. The van der Waals surface area contributed by atoms with Gasteiger partial charge in [0.2, 0.25) is 0 Å². The van der Waals surface area contributed by atoms with Gasteiger partial charge in [0.25, 0.3) is 0 Å². The van der Waals surface area contributed by atoms with E-state index < -0.39 is 0 Å². The Hall–Kier alpha value is -1.51. The van der Waals surface area contributed by atoms with Crippen molar-refractivity contribution < 1.29 is 5.11 Å². The minimum absolute atomic E-state index is 0.0104. The summed E-state index contributed by atoms with van der Waals surface area (Å²) in [6.45, 7) is 5.04. The van der Waals surface area contributed by atoms with Crippen molar-refractivity contribution in [3.8, 4) is 0 Å². The zero-order chi connectivity index (χ0) is 13.8. The fourth-order valence-corrected chi connectivity index (χ4v) is 2.51. The van der Waals surface area contributed by atoms with Crippen molar-refractivity contribution in [2.45, 2.75) is 20.5 Å². The number of nitrogens with zero attached hydrogens (tertiary/aromatic N) is 1. The molecule has 0 heterocycles. The molecule has 0 amide bonds. The summed E-state index contributed by atoms with van der Waals surface area (Å²) >= 11 is 6.33. The van der Waals surface area contributed by atoms with Gasteiger partial charge < -0.3 is 10.0 Å². The van der Waals surface area contributed by atoms with Crippen LogP contribution in [0.5, 0.6) is 0 Å². The standard InChI is InChI=1S/C16H18ClNO/c1-3-18(15-7-5-4-6-12(15)2)16-9-8-13(11-19)10-14(16)17/h4-10,19H,3,11H2,1-2H3. The number of aryl methyl sites for hydroxylation is 1. The lowest BCUT2D eigenvalue weighted by molar-refractivity contribution is 0.282. The van der Waals surface area contributed by atoms with Crippen LogP contribution in [0.2, 0.25) is 5.02 Å². The molecule has 0 bridgehead atoms. The van der Waals surface area contributed by atoms with Crippen molar-refractivity contribution in [3.63, 3.8) is 0 Å². The van der Waals surface area contributed by atoms with Gasteiger partial charge in [0, 0.05) is 12.2 Å². The third-order valence-electron chi connectivity index (χ3n) is 3.21. The van der Waals surface area contributed by atoms with Crippen LogP contribution < -0.4 is 4.90 Å². The van der Waals surface area contributed by atoms with E-state index in [0.29, 0.717) is 5.02 Å². The Balaban J connectivity index is 2.46. The summed E-state index contributed by atoms with van der Waals surface area (Å²) in [7, 11) is 0. The van der Waals surface area contributed by atoms with Crippen molar-refractivity contribution in [1.29, 1.82) is 0 Å². The van der Waals surface area contributed by atoms with Gasteiger partial charge in [0.15, 0.2) is 0 Å². The maximum Gasteiger partial charge on any atom is 0.0682 e. The summed E-state index contributed by atoms with van der Waals surface area (Å²) in [5, 5.41) is 9.80. The molecule has 1 N–H and O–H groups in total. The first-order valence-electron chi connectivity index (χ1n) is 6.39. The van der Waals surface area contributed by atoms with E-state index in [1.807, 2.05) is 30.3 Å². The van der Waals surface area contributed by atoms with Gasteiger partial charge >= 0.3 is 0 Å². The molecule has 0 saturated carbocycles. The van der Waals surface area contributed by atoms with Gasteiger partial charge in [0.1, 0.15) is 0 Å². The lowest BCUT2D eigenvalue weighted by atomic mass is 10.1. The van der Waals surface area contributed by atoms with Crippen LogP contribution in [-0.4, -0.2) is 11.7 Å². The summed E-state index contributed by atoms with van der Waals surface area (Å²) < 4.78 is 0. The summed E-state index contributed by atoms with van der Waals surface area (Å²) in [6.07, 6.45) is 0. The predicted molar refractivity (Wildman–Crippen MR) is 81.2 cm³/mol. The third-order valence-corrected chi connectivity index (χ3v) is 3.51. The van der Waals surface area contributed by atoms with Crippen molar-refractivity contribution >= 4 is 23.0 Å². The lowest BCUT2D eigenvalue weighted by Crippen LogP contribution is -2.17. The molecule has 0 radical (unpaired) electrons. The van der Waals surface area contributed by atoms with Gasteiger partial charge in [-0.2, -0.15) is 0 Å². The van der Waals surface area contributed by atoms with E-state index in [9.17, 15) is 0 Å². The van der Waals surface area contributed by atoms with Crippen LogP contribution in [0.3, 0.4) is 0 Å². The van der Waals surface area contributed by atoms with Crippen LogP contribution in [0.1, 0.15) is 18.1 Å². The molecular weight excluding hydrogens is 258 g/mol. The molecule has 19 heavy (non-hydrogen) atoms. The van der Waals surface area contributed by atoms with Crippen molar-refractivity contribution in [1.82, 2.24) is 0 Å². The molecule has 0 aliphatic carbocycles. The Morgan fingerprint density at radius 1 is 1.11 bits per heavy atom. The van der Waals surface area contributed by atoms with E-state index in [-0.39, 0.29) is 6.61 Å². The molecule has 2 nitrogen and oxygen atoms in total. The first-order valence-corrected chi connectivity index (χ1v) is 6.77. The molecule has 2 rings (SSSR count). The van der Waals surface area contributed by atoms with Gasteiger partial charge in [-0.3, -0.25) is 0 Å². The SMILES string of the molecule is CCN(c1ccccc1C)c1ccc(CO)cc1Cl.